The summed E-state index contributed by atoms with van der Waals surface area (Å²) in [6.07, 6.45) is 2.11. The van der Waals surface area contributed by atoms with Crippen molar-refractivity contribution in [3.05, 3.63) is 70.8 Å². The van der Waals surface area contributed by atoms with E-state index in [1.54, 1.807) is 0 Å². The maximum absolute atomic E-state index is 13.7. The minimum absolute atomic E-state index is 0.0114. The van der Waals surface area contributed by atoms with Gasteiger partial charge in [-0.25, -0.2) is 8.78 Å². The van der Waals surface area contributed by atoms with Crippen LogP contribution in [0.25, 0.3) is 0 Å². The first-order valence-corrected chi connectivity index (χ1v) is 7.35. The van der Waals surface area contributed by atoms with Crippen LogP contribution in [0.3, 0.4) is 0 Å². The SMILES string of the molecule is OC(Cc1c(F)cccc1F)C1CCCc2ccccc21. The van der Waals surface area contributed by atoms with Gasteiger partial charge in [-0.05, 0) is 42.5 Å². The molecule has 0 amide bonds. The van der Waals surface area contributed by atoms with Crippen molar-refractivity contribution in [3.63, 3.8) is 0 Å². The minimum atomic E-state index is -0.766. The van der Waals surface area contributed by atoms with E-state index in [0.29, 0.717) is 0 Å². The molecule has 0 radical (unpaired) electrons. The fourth-order valence-corrected chi connectivity index (χ4v) is 3.27. The lowest BCUT2D eigenvalue weighted by atomic mass is 9.78. The number of aryl methyl sites for hydroxylation is 1. The van der Waals surface area contributed by atoms with Crippen LogP contribution >= 0.6 is 0 Å². The van der Waals surface area contributed by atoms with Gasteiger partial charge in [0, 0.05) is 17.9 Å². The molecule has 0 aliphatic heterocycles. The molecule has 1 N–H and O–H groups in total. The Morgan fingerprint density at radius 2 is 1.76 bits per heavy atom. The Morgan fingerprint density at radius 3 is 2.52 bits per heavy atom. The lowest BCUT2D eigenvalue weighted by Gasteiger charge is -2.29. The molecule has 2 unspecified atom stereocenters. The number of halogens is 2. The zero-order valence-electron chi connectivity index (χ0n) is 11.7. The number of aliphatic hydroxyl groups excluding tert-OH is 1. The van der Waals surface area contributed by atoms with Crippen molar-refractivity contribution in [2.45, 2.75) is 37.7 Å². The van der Waals surface area contributed by atoms with Crippen molar-refractivity contribution in [1.29, 1.82) is 0 Å². The van der Waals surface area contributed by atoms with E-state index in [2.05, 4.69) is 6.07 Å². The molecule has 0 fully saturated rings. The van der Waals surface area contributed by atoms with Gasteiger partial charge in [0.25, 0.3) is 0 Å². The largest absolute Gasteiger partial charge is 0.392 e. The smallest absolute Gasteiger partial charge is 0.129 e. The van der Waals surface area contributed by atoms with E-state index >= 15 is 0 Å². The Morgan fingerprint density at radius 1 is 1.05 bits per heavy atom. The molecule has 21 heavy (non-hydrogen) atoms. The van der Waals surface area contributed by atoms with Gasteiger partial charge >= 0.3 is 0 Å². The number of aliphatic hydroxyl groups is 1. The first kappa shape index (κ1) is 14.2. The summed E-state index contributed by atoms with van der Waals surface area (Å²) in [6, 6.07) is 11.8. The van der Waals surface area contributed by atoms with E-state index < -0.39 is 17.7 Å². The topological polar surface area (TPSA) is 20.2 Å². The first-order valence-electron chi connectivity index (χ1n) is 7.35. The fraction of sp³-hybridized carbons (Fsp3) is 0.333. The monoisotopic (exact) mass is 288 g/mol. The molecular formula is C18H18F2O. The Bertz CT molecular complexity index is 619. The van der Waals surface area contributed by atoms with Crippen molar-refractivity contribution in [2.75, 3.05) is 0 Å². The van der Waals surface area contributed by atoms with Gasteiger partial charge < -0.3 is 5.11 Å². The quantitative estimate of drug-likeness (QED) is 0.905. The summed E-state index contributed by atoms with van der Waals surface area (Å²) in [5.41, 5.74) is 2.34. The van der Waals surface area contributed by atoms with Gasteiger partial charge in [0.1, 0.15) is 11.6 Å². The van der Waals surface area contributed by atoms with E-state index in [4.69, 9.17) is 0 Å². The summed E-state index contributed by atoms with van der Waals surface area (Å²) in [5, 5.41) is 10.5. The number of hydrogen-bond donors (Lipinski definition) is 1. The summed E-state index contributed by atoms with van der Waals surface area (Å²) in [7, 11) is 0. The van der Waals surface area contributed by atoms with Gasteiger partial charge in [-0.1, -0.05) is 30.3 Å². The van der Waals surface area contributed by atoms with Gasteiger partial charge in [-0.15, -0.1) is 0 Å². The Balaban J connectivity index is 1.85. The molecule has 2 aromatic rings. The molecule has 0 heterocycles. The summed E-state index contributed by atoms with van der Waals surface area (Å²) < 4.78 is 27.4. The Labute approximate surface area is 123 Å². The molecule has 0 saturated carbocycles. The van der Waals surface area contributed by atoms with E-state index in [-0.39, 0.29) is 17.9 Å². The predicted molar refractivity (Wildman–Crippen MR) is 78.2 cm³/mol. The van der Waals surface area contributed by atoms with Gasteiger partial charge in [0.2, 0.25) is 0 Å². The molecule has 0 saturated heterocycles. The third-order valence-electron chi connectivity index (χ3n) is 4.36. The lowest BCUT2D eigenvalue weighted by molar-refractivity contribution is 0.132. The molecule has 3 heteroatoms. The van der Waals surface area contributed by atoms with Crippen LogP contribution in [0, 0.1) is 11.6 Å². The van der Waals surface area contributed by atoms with Crippen LogP contribution in [0.4, 0.5) is 8.78 Å². The third-order valence-corrected chi connectivity index (χ3v) is 4.36. The molecular weight excluding hydrogens is 270 g/mol. The van der Waals surface area contributed by atoms with E-state index in [1.165, 1.54) is 23.8 Å². The zero-order chi connectivity index (χ0) is 14.8. The predicted octanol–water partition coefficient (Wildman–Crippen LogP) is 3.99. The van der Waals surface area contributed by atoms with Crippen LogP contribution in [-0.2, 0) is 12.8 Å². The van der Waals surface area contributed by atoms with Crippen LogP contribution in [0.2, 0.25) is 0 Å². The van der Waals surface area contributed by atoms with Crippen molar-refractivity contribution < 1.29 is 13.9 Å². The number of benzene rings is 2. The minimum Gasteiger partial charge on any atom is -0.392 e. The second-order valence-electron chi connectivity index (χ2n) is 5.67. The van der Waals surface area contributed by atoms with Gasteiger partial charge in [-0.2, -0.15) is 0 Å². The molecule has 0 spiro atoms. The van der Waals surface area contributed by atoms with Crippen LogP contribution in [-0.4, -0.2) is 11.2 Å². The van der Waals surface area contributed by atoms with Crippen LogP contribution in [0.15, 0.2) is 42.5 Å². The lowest BCUT2D eigenvalue weighted by Crippen LogP contribution is -2.25. The summed E-state index contributed by atoms with van der Waals surface area (Å²) in [5.74, 6) is -1.22. The Kier molecular flexibility index (Phi) is 4.02. The Hall–Kier alpha value is -1.74. The average molecular weight is 288 g/mol. The maximum atomic E-state index is 13.7. The van der Waals surface area contributed by atoms with E-state index in [1.807, 2.05) is 18.2 Å². The third kappa shape index (κ3) is 2.84. The van der Waals surface area contributed by atoms with Crippen LogP contribution < -0.4 is 0 Å². The van der Waals surface area contributed by atoms with E-state index in [0.717, 1.165) is 24.8 Å². The molecule has 0 aromatic heterocycles. The highest BCUT2D eigenvalue weighted by atomic mass is 19.1. The second-order valence-corrected chi connectivity index (χ2v) is 5.67. The average Bonchev–Trinajstić information content (AvgIpc) is 2.50. The number of rotatable bonds is 3. The van der Waals surface area contributed by atoms with Crippen LogP contribution in [0.1, 0.15) is 35.4 Å². The van der Waals surface area contributed by atoms with Crippen molar-refractivity contribution in [3.8, 4) is 0 Å². The number of hydrogen-bond acceptors (Lipinski definition) is 1. The zero-order valence-corrected chi connectivity index (χ0v) is 11.7. The second kappa shape index (κ2) is 5.94. The highest BCUT2D eigenvalue weighted by molar-refractivity contribution is 5.34. The van der Waals surface area contributed by atoms with Crippen molar-refractivity contribution >= 4 is 0 Å². The van der Waals surface area contributed by atoms with Gasteiger partial charge in [0.05, 0.1) is 6.10 Å². The normalized spacial score (nSPS) is 19.1. The molecule has 2 aromatic carbocycles. The molecule has 1 nitrogen and oxygen atoms in total. The highest BCUT2D eigenvalue weighted by Crippen LogP contribution is 2.35. The molecule has 3 rings (SSSR count). The van der Waals surface area contributed by atoms with Gasteiger partial charge in [0.15, 0.2) is 0 Å². The van der Waals surface area contributed by atoms with Crippen molar-refractivity contribution in [1.82, 2.24) is 0 Å². The summed E-state index contributed by atoms with van der Waals surface area (Å²) in [4.78, 5) is 0. The van der Waals surface area contributed by atoms with Crippen molar-refractivity contribution in [2.24, 2.45) is 0 Å². The van der Waals surface area contributed by atoms with Gasteiger partial charge in [-0.3, -0.25) is 0 Å². The fourth-order valence-electron chi connectivity index (χ4n) is 3.27. The first-order chi connectivity index (χ1) is 10.2. The molecule has 1 aliphatic rings. The highest BCUT2D eigenvalue weighted by Gasteiger charge is 2.27. The molecule has 1 aliphatic carbocycles. The molecule has 0 bridgehead atoms. The number of fused-ring (bicyclic) bond motifs is 1. The molecule has 110 valence electrons. The van der Waals surface area contributed by atoms with Crippen LogP contribution in [0.5, 0.6) is 0 Å². The summed E-state index contributed by atoms with van der Waals surface area (Å²) >= 11 is 0. The maximum Gasteiger partial charge on any atom is 0.129 e. The van der Waals surface area contributed by atoms with E-state index in [9.17, 15) is 13.9 Å². The summed E-state index contributed by atoms with van der Waals surface area (Å²) in [6.45, 7) is 0. The standard InChI is InChI=1S/C18H18F2O/c19-16-9-4-10-17(20)15(16)11-18(21)14-8-3-6-12-5-1-2-7-13(12)14/h1-2,4-5,7,9-10,14,18,21H,3,6,8,11H2. The molecule has 2 atom stereocenters.